The molecule has 5 aromatic carbocycles. The van der Waals surface area contributed by atoms with Gasteiger partial charge in [-0.25, -0.2) is 9.78 Å². The number of rotatable bonds is 15. The molecule has 2 aliphatic heterocycles. The van der Waals surface area contributed by atoms with Crippen molar-refractivity contribution in [3.05, 3.63) is 212 Å². The van der Waals surface area contributed by atoms with Crippen LogP contribution in [0.3, 0.4) is 0 Å². The summed E-state index contributed by atoms with van der Waals surface area (Å²) in [6.45, 7) is 1.89. The molecule has 320 valence electrons. The number of aromatic nitrogens is 3. The van der Waals surface area contributed by atoms with Crippen LogP contribution in [0.2, 0.25) is 0 Å². The van der Waals surface area contributed by atoms with Gasteiger partial charge in [0.1, 0.15) is 22.8 Å². The van der Waals surface area contributed by atoms with Crippen molar-refractivity contribution in [2.24, 2.45) is 5.16 Å². The van der Waals surface area contributed by atoms with Crippen LogP contribution in [0.4, 0.5) is 5.13 Å². The Hall–Kier alpha value is -6.59. The number of amides is 2. The minimum absolute atomic E-state index is 0.138. The van der Waals surface area contributed by atoms with Gasteiger partial charge in [-0.1, -0.05) is 161 Å². The fraction of sp³-hybridized carbons (Fsp3) is 0.146. The lowest BCUT2D eigenvalue weighted by Gasteiger charge is -2.49. The molecule has 2 atom stereocenters. The second-order valence-corrected chi connectivity index (χ2v) is 18.6. The lowest BCUT2D eigenvalue weighted by atomic mass is 9.80. The van der Waals surface area contributed by atoms with Crippen LogP contribution in [0.1, 0.15) is 50.2 Å². The summed E-state index contributed by atoms with van der Waals surface area (Å²) in [6, 6.07) is 46.8. The monoisotopic (exact) mass is 921 g/mol. The standard InChI is InChI=1S/C48H39N7O5S4/c1-30-37(64-54-52-30)28-61-38-29-62-45-40(44(57)55(45)41(38)46(58)59-42(31-17-7-2-8-18-31)32-19-9-3-10-20-32)51-43(56)39(36-27-63-47(49)50-36)53-60-48(33-21-11-4-12-22-33,34-23-13-5-14-24-34)35-25-15-6-16-26-35/h2-27,40,42,45H,28-29H2,1H3,(H2,49,50)(H,51,56)/b53-39-/t40-,45-/m1/s1. The van der Waals surface area contributed by atoms with E-state index < -0.39 is 40.9 Å². The van der Waals surface area contributed by atoms with Crippen molar-refractivity contribution in [2.45, 2.75) is 35.8 Å². The van der Waals surface area contributed by atoms with E-state index in [-0.39, 0.29) is 22.2 Å². The molecule has 0 unspecified atom stereocenters. The van der Waals surface area contributed by atoms with Crippen LogP contribution < -0.4 is 11.1 Å². The van der Waals surface area contributed by atoms with Crippen LogP contribution in [-0.2, 0) is 35.3 Å². The number of aryl methyl sites for hydroxylation is 1. The lowest BCUT2D eigenvalue weighted by Crippen LogP contribution is -2.71. The number of ether oxygens (including phenoxy) is 1. The third-order valence-corrected chi connectivity index (χ3v) is 15.0. The third-order valence-electron chi connectivity index (χ3n) is 10.8. The number of thiazole rings is 1. The van der Waals surface area contributed by atoms with E-state index in [0.29, 0.717) is 16.4 Å². The van der Waals surface area contributed by atoms with E-state index in [1.807, 2.05) is 159 Å². The summed E-state index contributed by atoms with van der Waals surface area (Å²) in [4.78, 5) is 57.9. The van der Waals surface area contributed by atoms with Gasteiger partial charge < -0.3 is 20.6 Å². The molecule has 16 heteroatoms. The number of hydrogen-bond acceptors (Lipinski definition) is 14. The third kappa shape index (κ3) is 8.56. The Balaban J connectivity index is 1.04. The van der Waals surface area contributed by atoms with Crippen LogP contribution >= 0.6 is 46.4 Å². The molecule has 0 radical (unpaired) electrons. The average molecular weight is 922 g/mol. The van der Waals surface area contributed by atoms with Crippen molar-refractivity contribution in [1.29, 1.82) is 0 Å². The van der Waals surface area contributed by atoms with Gasteiger partial charge in [-0.3, -0.25) is 14.5 Å². The highest BCUT2D eigenvalue weighted by molar-refractivity contribution is 8.05. The first-order valence-electron chi connectivity index (χ1n) is 20.2. The maximum absolute atomic E-state index is 14.6. The molecule has 2 aliphatic rings. The number of benzene rings is 5. The molecule has 12 nitrogen and oxygen atoms in total. The van der Waals surface area contributed by atoms with Crippen molar-refractivity contribution >= 4 is 75.0 Å². The Morgan fingerprint density at radius 2 is 1.41 bits per heavy atom. The number of nitrogen functional groups attached to an aromatic ring is 1. The van der Waals surface area contributed by atoms with E-state index >= 15 is 0 Å². The molecular weight excluding hydrogens is 883 g/mol. The van der Waals surface area contributed by atoms with Crippen molar-refractivity contribution in [3.8, 4) is 0 Å². The van der Waals surface area contributed by atoms with E-state index in [1.165, 1.54) is 40.0 Å². The first-order chi connectivity index (χ1) is 31.3. The lowest BCUT2D eigenvalue weighted by molar-refractivity contribution is -0.154. The molecule has 1 fully saturated rings. The maximum Gasteiger partial charge on any atom is 0.356 e. The Kier molecular flexibility index (Phi) is 12.7. The number of nitrogens with zero attached hydrogens (tertiary/aromatic N) is 5. The van der Waals surface area contributed by atoms with E-state index in [2.05, 4.69) is 25.0 Å². The molecule has 9 rings (SSSR count). The van der Waals surface area contributed by atoms with Crippen LogP contribution in [0.5, 0.6) is 0 Å². The summed E-state index contributed by atoms with van der Waals surface area (Å²) in [6.07, 6.45) is -0.749. The molecule has 2 aromatic heterocycles. The zero-order chi connectivity index (χ0) is 44.0. The molecule has 0 aliphatic carbocycles. The van der Waals surface area contributed by atoms with Crippen molar-refractivity contribution < 1.29 is 24.0 Å². The fourth-order valence-corrected chi connectivity index (χ4v) is 11.5. The van der Waals surface area contributed by atoms with E-state index in [9.17, 15) is 14.4 Å². The van der Waals surface area contributed by atoms with Gasteiger partial charge in [0.05, 0.1) is 10.6 Å². The summed E-state index contributed by atoms with van der Waals surface area (Å²) in [5, 5.41) is 12.9. The number of hydrogen-bond donors (Lipinski definition) is 2. The van der Waals surface area contributed by atoms with E-state index in [0.717, 1.165) is 49.7 Å². The number of anilines is 1. The SMILES string of the molecule is Cc1nnsc1CSC1=C(C(=O)OC(c2ccccc2)c2ccccc2)N2C(=O)[C@@H](NC(=O)/C(=N\OC(c3ccccc3)(c3ccccc3)c3ccccc3)c3csc(N)n3)[C@H]2SC1. The number of β-lactam (4-membered cyclic amide) rings is 1. The Labute approximate surface area is 385 Å². The first-order valence-corrected chi connectivity index (χ1v) is 23.8. The number of nitrogens with two attached hydrogens (primary N) is 1. The molecule has 0 saturated carbocycles. The van der Waals surface area contributed by atoms with Gasteiger partial charge in [-0.2, -0.15) is 0 Å². The second kappa shape index (κ2) is 19.0. The minimum Gasteiger partial charge on any atom is -0.448 e. The van der Waals surface area contributed by atoms with Crippen molar-refractivity contribution in [3.63, 3.8) is 0 Å². The average Bonchev–Trinajstić information content (AvgIpc) is 3.98. The smallest absolute Gasteiger partial charge is 0.356 e. The van der Waals surface area contributed by atoms with Gasteiger partial charge in [0.15, 0.2) is 16.9 Å². The molecule has 2 amide bonds. The molecule has 4 heterocycles. The van der Waals surface area contributed by atoms with Gasteiger partial charge in [-0.15, -0.1) is 40.0 Å². The number of thioether (sulfide) groups is 2. The number of nitrogens with one attached hydrogen (secondary N) is 1. The van der Waals surface area contributed by atoms with Crippen LogP contribution in [0, 0.1) is 6.92 Å². The van der Waals surface area contributed by atoms with Crippen LogP contribution in [0.25, 0.3) is 0 Å². The second-order valence-electron chi connectivity index (χ2n) is 14.7. The number of fused-ring (bicyclic) bond motifs is 1. The summed E-state index contributed by atoms with van der Waals surface area (Å²) in [5.74, 6) is -0.968. The van der Waals surface area contributed by atoms with E-state index in [4.69, 9.17) is 15.3 Å². The minimum atomic E-state index is -1.31. The maximum atomic E-state index is 14.6. The molecule has 7 aromatic rings. The van der Waals surface area contributed by atoms with Gasteiger partial charge in [0.25, 0.3) is 11.8 Å². The van der Waals surface area contributed by atoms with Gasteiger partial charge in [0, 0.05) is 38.5 Å². The molecular formula is C48H39N7O5S4. The van der Waals surface area contributed by atoms with Crippen LogP contribution in [-0.4, -0.2) is 60.1 Å². The van der Waals surface area contributed by atoms with E-state index in [1.54, 1.807) is 5.38 Å². The largest absolute Gasteiger partial charge is 0.448 e. The number of carbonyl (C=O) groups excluding carboxylic acids is 3. The van der Waals surface area contributed by atoms with Gasteiger partial charge in [0.2, 0.25) is 5.60 Å². The zero-order valence-corrected chi connectivity index (χ0v) is 37.4. The molecule has 0 spiro atoms. The summed E-state index contributed by atoms with van der Waals surface area (Å²) >= 11 is 5.32. The van der Waals surface area contributed by atoms with Gasteiger partial charge in [-0.05, 0) is 29.6 Å². The highest BCUT2D eigenvalue weighted by Crippen LogP contribution is 2.46. The summed E-state index contributed by atoms with van der Waals surface area (Å²) < 4.78 is 10.4. The first kappa shape index (κ1) is 42.7. The number of oxime groups is 1. The Morgan fingerprint density at radius 3 is 1.91 bits per heavy atom. The van der Waals surface area contributed by atoms with Crippen molar-refractivity contribution in [1.82, 2.24) is 24.8 Å². The molecule has 64 heavy (non-hydrogen) atoms. The predicted molar refractivity (Wildman–Crippen MR) is 252 cm³/mol. The predicted octanol–water partition coefficient (Wildman–Crippen LogP) is 8.48. The number of esters is 1. The topological polar surface area (TPSA) is 162 Å². The highest BCUT2D eigenvalue weighted by atomic mass is 32.2. The highest BCUT2D eigenvalue weighted by Gasteiger charge is 2.55. The summed E-state index contributed by atoms with van der Waals surface area (Å²) in [7, 11) is 0. The Bertz CT molecular complexity index is 2690. The van der Waals surface area contributed by atoms with Crippen molar-refractivity contribution in [2.75, 3.05) is 11.5 Å². The molecule has 3 N–H and O–H groups in total. The normalized spacial score (nSPS) is 16.2. The van der Waals surface area contributed by atoms with Crippen LogP contribution in [0.15, 0.2) is 173 Å². The Morgan fingerprint density at radius 1 is 0.859 bits per heavy atom. The van der Waals surface area contributed by atoms with Gasteiger partial charge >= 0.3 is 5.97 Å². The zero-order valence-electron chi connectivity index (χ0n) is 34.1. The molecule has 1 saturated heterocycles. The fourth-order valence-electron chi connectivity index (χ4n) is 7.58. The summed E-state index contributed by atoms with van der Waals surface area (Å²) in [5.41, 5.74) is 9.58. The quantitative estimate of drug-likeness (QED) is 0.0334. The molecule has 0 bridgehead atoms. The number of carbonyl (C=O) groups is 3.